The Hall–Kier alpha value is -1.97. The summed E-state index contributed by atoms with van der Waals surface area (Å²) < 4.78 is 1.79. The van der Waals surface area contributed by atoms with Crippen LogP contribution in [0, 0.1) is 13.8 Å². The van der Waals surface area contributed by atoms with Gasteiger partial charge in [0.2, 0.25) is 0 Å². The normalized spacial score (nSPS) is 10.7. The summed E-state index contributed by atoms with van der Waals surface area (Å²) >= 11 is 0. The number of hydrogen-bond donors (Lipinski definition) is 0. The molecule has 0 N–H and O–H groups in total. The van der Waals surface area contributed by atoms with Gasteiger partial charge in [-0.2, -0.15) is 5.10 Å². The molecule has 4 nitrogen and oxygen atoms in total. The van der Waals surface area contributed by atoms with Gasteiger partial charge in [-0.15, -0.1) is 0 Å². The Balaban J connectivity index is 2.23. The summed E-state index contributed by atoms with van der Waals surface area (Å²) in [6, 6.07) is 5.73. The Bertz CT molecular complexity index is 614. The van der Waals surface area contributed by atoms with Crippen LogP contribution in [0.15, 0.2) is 18.2 Å². The Morgan fingerprint density at radius 2 is 2.05 bits per heavy atom. The second-order valence-corrected chi connectivity index (χ2v) is 4.79. The highest BCUT2D eigenvalue weighted by molar-refractivity contribution is 5.98. The van der Waals surface area contributed by atoms with Crippen LogP contribution in [0.3, 0.4) is 0 Å². The monoisotopic (exact) mass is 257 g/mol. The first-order chi connectivity index (χ1) is 9.01. The lowest BCUT2D eigenvalue weighted by atomic mass is 10.0. The lowest BCUT2D eigenvalue weighted by Crippen LogP contribution is -2.10. The number of pyridine rings is 1. The Morgan fingerprint density at radius 3 is 2.63 bits per heavy atom. The summed E-state index contributed by atoms with van der Waals surface area (Å²) in [6.45, 7) is 5.86. The van der Waals surface area contributed by atoms with Crippen molar-refractivity contribution in [3.63, 3.8) is 0 Å². The molecule has 2 heterocycles. The fourth-order valence-corrected chi connectivity index (χ4v) is 2.15. The van der Waals surface area contributed by atoms with Gasteiger partial charge in [0.05, 0.1) is 12.1 Å². The van der Waals surface area contributed by atoms with Gasteiger partial charge in [0.25, 0.3) is 0 Å². The van der Waals surface area contributed by atoms with Crippen molar-refractivity contribution in [1.29, 1.82) is 0 Å². The summed E-state index contributed by atoms with van der Waals surface area (Å²) in [5.41, 5.74) is 4.39. The molecule has 0 saturated carbocycles. The standard InChI is InChI=1S/C15H19N3O/c1-5-12-8-13(18(4)17-12)9-15(19)14-7-6-10(2)16-11(14)3/h6-8H,5,9H2,1-4H3. The highest BCUT2D eigenvalue weighted by Crippen LogP contribution is 2.12. The average molecular weight is 257 g/mol. The van der Waals surface area contributed by atoms with E-state index in [0.717, 1.165) is 29.2 Å². The molecule has 2 aromatic heterocycles. The maximum absolute atomic E-state index is 12.3. The van der Waals surface area contributed by atoms with Gasteiger partial charge in [-0.1, -0.05) is 6.92 Å². The molecule has 2 aromatic rings. The molecule has 100 valence electrons. The van der Waals surface area contributed by atoms with E-state index in [-0.39, 0.29) is 5.78 Å². The van der Waals surface area contributed by atoms with Gasteiger partial charge in [-0.25, -0.2) is 0 Å². The fourth-order valence-electron chi connectivity index (χ4n) is 2.15. The van der Waals surface area contributed by atoms with Gasteiger partial charge in [0, 0.05) is 29.7 Å². The molecule has 0 unspecified atom stereocenters. The van der Waals surface area contributed by atoms with E-state index in [0.29, 0.717) is 12.0 Å². The maximum Gasteiger partial charge on any atom is 0.170 e. The van der Waals surface area contributed by atoms with Crippen LogP contribution in [0.4, 0.5) is 0 Å². The number of Topliss-reactive ketones (excluding diaryl/α,β-unsaturated/α-hetero) is 1. The zero-order valence-electron chi connectivity index (χ0n) is 11.9. The molecule has 0 atom stereocenters. The minimum absolute atomic E-state index is 0.0932. The highest BCUT2D eigenvalue weighted by atomic mass is 16.1. The van der Waals surface area contributed by atoms with Crippen molar-refractivity contribution in [2.75, 3.05) is 0 Å². The van der Waals surface area contributed by atoms with E-state index >= 15 is 0 Å². The zero-order valence-corrected chi connectivity index (χ0v) is 11.9. The lowest BCUT2D eigenvalue weighted by Gasteiger charge is -2.05. The molecule has 0 aliphatic rings. The highest BCUT2D eigenvalue weighted by Gasteiger charge is 2.14. The summed E-state index contributed by atoms with van der Waals surface area (Å²) in [7, 11) is 1.88. The predicted molar refractivity (Wildman–Crippen MR) is 74.3 cm³/mol. The smallest absolute Gasteiger partial charge is 0.170 e. The van der Waals surface area contributed by atoms with Crippen LogP contribution in [0.25, 0.3) is 0 Å². The van der Waals surface area contributed by atoms with E-state index in [1.54, 1.807) is 4.68 Å². The molecule has 4 heteroatoms. The van der Waals surface area contributed by atoms with E-state index < -0.39 is 0 Å². The third-order valence-electron chi connectivity index (χ3n) is 3.26. The molecular weight excluding hydrogens is 238 g/mol. The van der Waals surface area contributed by atoms with Crippen molar-refractivity contribution >= 4 is 5.78 Å². The number of carbonyl (C=O) groups is 1. The molecule has 19 heavy (non-hydrogen) atoms. The summed E-state index contributed by atoms with van der Waals surface area (Å²) in [5.74, 6) is 0.0932. The topological polar surface area (TPSA) is 47.8 Å². The lowest BCUT2D eigenvalue weighted by molar-refractivity contribution is 0.0989. The molecule has 0 fully saturated rings. The first-order valence-electron chi connectivity index (χ1n) is 6.50. The average Bonchev–Trinajstić information content (AvgIpc) is 2.70. The second-order valence-electron chi connectivity index (χ2n) is 4.79. The molecule has 0 bridgehead atoms. The molecule has 0 aromatic carbocycles. The van der Waals surface area contributed by atoms with Crippen LogP contribution in [0.5, 0.6) is 0 Å². The molecule has 0 aliphatic carbocycles. The predicted octanol–water partition coefficient (Wildman–Crippen LogP) is 2.42. The number of carbonyl (C=O) groups excluding carboxylic acids is 1. The van der Waals surface area contributed by atoms with Crippen molar-refractivity contribution in [1.82, 2.24) is 14.8 Å². The van der Waals surface area contributed by atoms with E-state index in [9.17, 15) is 4.79 Å². The quantitative estimate of drug-likeness (QED) is 0.790. The third-order valence-corrected chi connectivity index (χ3v) is 3.26. The molecule has 0 amide bonds. The molecule has 0 radical (unpaired) electrons. The van der Waals surface area contributed by atoms with Crippen LogP contribution in [0.1, 0.15) is 40.1 Å². The number of aryl methyl sites for hydroxylation is 4. The Morgan fingerprint density at radius 1 is 1.32 bits per heavy atom. The van der Waals surface area contributed by atoms with Crippen molar-refractivity contribution in [3.8, 4) is 0 Å². The fraction of sp³-hybridized carbons (Fsp3) is 0.400. The van der Waals surface area contributed by atoms with Crippen molar-refractivity contribution in [2.24, 2.45) is 7.05 Å². The number of aromatic nitrogens is 3. The van der Waals surface area contributed by atoms with Crippen LogP contribution in [-0.4, -0.2) is 20.5 Å². The van der Waals surface area contributed by atoms with Crippen molar-refractivity contribution in [2.45, 2.75) is 33.6 Å². The van der Waals surface area contributed by atoms with Crippen LogP contribution in [0.2, 0.25) is 0 Å². The van der Waals surface area contributed by atoms with Gasteiger partial charge in [-0.3, -0.25) is 14.5 Å². The van der Waals surface area contributed by atoms with Gasteiger partial charge >= 0.3 is 0 Å². The Labute approximate surface area is 113 Å². The first kappa shape index (κ1) is 13.5. The van der Waals surface area contributed by atoms with E-state index in [1.807, 2.05) is 39.1 Å². The van der Waals surface area contributed by atoms with E-state index in [2.05, 4.69) is 17.0 Å². The zero-order chi connectivity index (χ0) is 14.0. The van der Waals surface area contributed by atoms with Crippen LogP contribution in [-0.2, 0) is 19.9 Å². The van der Waals surface area contributed by atoms with Gasteiger partial charge in [0.15, 0.2) is 5.78 Å². The van der Waals surface area contributed by atoms with Crippen molar-refractivity contribution in [3.05, 3.63) is 46.5 Å². The molecule has 0 spiro atoms. The maximum atomic E-state index is 12.3. The SMILES string of the molecule is CCc1cc(CC(=O)c2ccc(C)nc2C)n(C)n1. The van der Waals surface area contributed by atoms with Crippen LogP contribution < -0.4 is 0 Å². The van der Waals surface area contributed by atoms with Gasteiger partial charge < -0.3 is 0 Å². The van der Waals surface area contributed by atoms with Crippen molar-refractivity contribution < 1.29 is 4.79 Å². The second kappa shape index (κ2) is 5.34. The summed E-state index contributed by atoms with van der Waals surface area (Å²) in [6.07, 6.45) is 1.25. The van der Waals surface area contributed by atoms with Gasteiger partial charge in [-0.05, 0) is 38.5 Å². The van der Waals surface area contributed by atoms with Gasteiger partial charge in [0.1, 0.15) is 0 Å². The minimum Gasteiger partial charge on any atom is -0.294 e. The summed E-state index contributed by atoms with van der Waals surface area (Å²) in [4.78, 5) is 16.7. The third kappa shape index (κ3) is 2.89. The molecular formula is C15H19N3O. The number of nitrogens with zero attached hydrogens (tertiary/aromatic N) is 3. The molecule has 0 saturated heterocycles. The number of ketones is 1. The molecule has 2 rings (SSSR count). The van der Waals surface area contributed by atoms with Crippen LogP contribution >= 0.6 is 0 Å². The largest absolute Gasteiger partial charge is 0.294 e. The molecule has 0 aliphatic heterocycles. The minimum atomic E-state index is 0.0932. The number of hydrogen-bond acceptors (Lipinski definition) is 3. The Kier molecular flexibility index (Phi) is 3.79. The first-order valence-corrected chi connectivity index (χ1v) is 6.50. The van der Waals surface area contributed by atoms with E-state index in [4.69, 9.17) is 0 Å². The number of rotatable bonds is 4. The summed E-state index contributed by atoms with van der Waals surface area (Å²) in [5, 5.41) is 4.36. The van der Waals surface area contributed by atoms with E-state index in [1.165, 1.54) is 0 Å².